The van der Waals surface area contributed by atoms with Gasteiger partial charge >= 0.3 is 0 Å². The van der Waals surface area contributed by atoms with Gasteiger partial charge in [-0.05, 0) is 42.4 Å². The number of nitrogens with zero attached hydrogens (tertiary/aromatic N) is 3. The van der Waals surface area contributed by atoms with Crippen LogP contribution in [-0.4, -0.2) is 53.9 Å². The Morgan fingerprint density at radius 1 is 1.03 bits per heavy atom. The van der Waals surface area contributed by atoms with Crippen molar-refractivity contribution in [3.63, 3.8) is 0 Å². The summed E-state index contributed by atoms with van der Waals surface area (Å²) in [5.74, 6) is 0.695. The molecule has 1 N–H and O–H groups in total. The van der Waals surface area contributed by atoms with Gasteiger partial charge in [0.25, 0.3) is 5.91 Å². The van der Waals surface area contributed by atoms with Gasteiger partial charge in [-0.15, -0.1) is 11.3 Å². The highest BCUT2D eigenvalue weighted by molar-refractivity contribution is 7.21. The van der Waals surface area contributed by atoms with Crippen molar-refractivity contribution in [2.45, 2.75) is 13.1 Å². The maximum atomic E-state index is 12.6. The number of aromatic nitrogens is 1. The Bertz CT molecular complexity index is 1190. The zero-order valence-electron chi connectivity index (χ0n) is 18.1. The number of carbonyl (C=O) groups excluding carboxylic acids is 1. The lowest BCUT2D eigenvalue weighted by Crippen LogP contribution is -2.43. The summed E-state index contributed by atoms with van der Waals surface area (Å²) in [7, 11) is 2.17. The Morgan fingerprint density at radius 2 is 1.84 bits per heavy atom. The standard InChI is InChI=1S/C25H26N4O2S/c1-28-11-13-29(14-12-28)17-19-6-4-5-18(15-19)16-26-24(30)21-9-10-22(31-21)25-27-20-7-2-3-8-23(20)32-25/h2-10,15H,11-14,16-17H2,1H3,(H,26,30). The van der Waals surface area contributed by atoms with Crippen LogP contribution in [0.1, 0.15) is 21.7 Å². The summed E-state index contributed by atoms with van der Waals surface area (Å²) in [6.45, 7) is 5.81. The number of benzene rings is 2. The molecule has 5 rings (SSSR count). The van der Waals surface area contributed by atoms with Crippen LogP contribution in [0.4, 0.5) is 0 Å². The number of para-hydroxylation sites is 1. The second-order valence-corrected chi connectivity index (χ2v) is 9.26. The van der Waals surface area contributed by atoms with Crippen LogP contribution in [0.15, 0.2) is 65.1 Å². The van der Waals surface area contributed by atoms with E-state index in [4.69, 9.17) is 4.42 Å². The lowest BCUT2D eigenvalue weighted by atomic mass is 10.1. The fraction of sp³-hybridized carbons (Fsp3) is 0.280. The molecule has 1 aliphatic heterocycles. The largest absolute Gasteiger partial charge is 0.448 e. The van der Waals surface area contributed by atoms with E-state index in [-0.39, 0.29) is 5.91 Å². The first-order valence-electron chi connectivity index (χ1n) is 10.9. The zero-order valence-corrected chi connectivity index (χ0v) is 18.9. The molecule has 0 unspecified atom stereocenters. The molecule has 1 fully saturated rings. The van der Waals surface area contributed by atoms with Gasteiger partial charge < -0.3 is 14.6 Å². The molecule has 0 atom stereocenters. The topological polar surface area (TPSA) is 61.6 Å². The summed E-state index contributed by atoms with van der Waals surface area (Å²) in [5.41, 5.74) is 3.30. The fourth-order valence-corrected chi connectivity index (χ4v) is 4.85. The first kappa shape index (κ1) is 20.9. The van der Waals surface area contributed by atoms with E-state index in [0.717, 1.165) is 53.5 Å². The monoisotopic (exact) mass is 446 g/mol. The number of furan rings is 1. The maximum Gasteiger partial charge on any atom is 0.287 e. The van der Waals surface area contributed by atoms with Crippen molar-refractivity contribution in [2.75, 3.05) is 33.2 Å². The van der Waals surface area contributed by atoms with E-state index in [1.807, 2.05) is 36.4 Å². The third-order valence-corrected chi connectivity index (χ3v) is 6.83. The van der Waals surface area contributed by atoms with Crippen LogP contribution in [-0.2, 0) is 13.1 Å². The highest BCUT2D eigenvalue weighted by atomic mass is 32.1. The number of likely N-dealkylation sites (N-methyl/N-ethyl adjacent to an activating group) is 1. The van der Waals surface area contributed by atoms with Gasteiger partial charge in [0.1, 0.15) is 0 Å². The van der Waals surface area contributed by atoms with Gasteiger partial charge in [-0.2, -0.15) is 0 Å². The quantitative estimate of drug-likeness (QED) is 0.480. The number of fused-ring (bicyclic) bond motifs is 1. The first-order chi connectivity index (χ1) is 15.6. The van der Waals surface area contributed by atoms with E-state index in [9.17, 15) is 4.79 Å². The molecule has 1 amide bonds. The molecular weight excluding hydrogens is 420 g/mol. The predicted molar refractivity (Wildman–Crippen MR) is 128 cm³/mol. The van der Waals surface area contributed by atoms with E-state index >= 15 is 0 Å². The number of piperazine rings is 1. The van der Waals surface area contributed by atoms with E-state index in [0.29, 0.717) is 18.1 Å². The molecule has 2 aromatic heterocycles. The Balaban J connectivity index is 1.20. The van der Waals surface area contributed by atoms with Crippen molar-refractivity contribution in [1.29, 1.82) is 0 Å². The van der Waals surface area contributed by atoms with Gasteiger partial charge in [-0.1, -0.05) is 36.4 Å². The van der Waals surface area contributed by atoms with Gasteiger partial charge in [0.2, 0.25) is 0 Å². The van der Waals surface area contributed by atoms with Crippen LogP contribution < -0.4 is 5.32 Å². The molecule has 1 saturated heterocycles. The summed E-state index contributed by atoms with van der Waals surface area (Å²) in [6.07, 6.45) is 0. The van der Waals surface area contributed by atoms with E-state index < -0.39 is 0 Å². The van der Waals surface area contributed by atoms with Crippen LogP contribution in [0.25, 0.3) is 21.0 Å². The normalized spacial score (nSPS) is 15.3. The maximum absolute atomic E-state index is 12.6. The zero-order chi connectivity index (χ0) is 21.9. The van der Waals surface area contributed by atoms with Crippen LogP contribution in [0.5, 0.6) is 0 Å². The van der Waals surface area contributed by atoms with Crippen molar-refractivity contribution in [3.05, 3.63) is 77.6 Å². The van der Waals surface area contributed by atoms with Crippen LogP contribution in [0.2, 0.25) is 0 Å². The van der Waals surface area contributed by atoms with Gasteiger partial charge in [0.05, 0.1) is 10.2 Å². The summed E-state index contributed by atoms with van der Waals surface area (Å²) in [4.78, 5) is 22.1. The van der Waals surface area contributed by atoms with Gasteiger partial charge in [0, 0.05) is 39.3 Å². The third-order valence-electron chi connectivity index (χ3n) is 5.78. The number of carbonyl (C=O) groups is 1. The molecule has 4 aromatic rings. The SMILES string of the molecule is CN1CCN(Cc2cccc(CNC(=O)c3ccc(-c4nc5ccccc5s4)o3)c2)CC1. The Kier molecular flexibility index (Phi) is 6.03. The second-order valence-electron chi connectivity index (χ2n) is 8.23. The second kappa shape index (κ2) is 9.24. The molecule has 0 spiro atoms. The number of thiazole rings is 1. The summed E-state index contributed by atoms with van der Waals surface area (Å²) in [6, 6.07) is 19.9. The molecule has 3 heterocycles. The molecule has 7 heteroatoms. The molecule has 2 aromatic carbocycles. The summed E-state index contributed by atoms with van der Waals surface area (Å²) in [5, 5.41) is 3.75. The molecule has 6 nitrogen and oxygen atoms in total. The molecule has 0 saturated carbocycles. The number of hydrogen-bond acceptors (Lipinski definition) is 6. The van der Waals surface area contributed by atoms with Crippen molar-refractivity contribution >= 4 is 27.5 Å². The van der Waals surface area contributed by atoms with Crippen molar-refractivity contribution in [3.8, 4) is 10.8 Å². The molecule has 1 aliphatic rings. The molecular formula is C25H26N4O2S. The number of rotatable bonds is 6. The van der Waals surface area contributed by atoms with Crippen LogP contribution in [0.3, 0.4) is 0 Å². The number of hydrogen-bond donors (Lipinski definition) is 1. The number of amides is 1. The van der Waals surface area contributed by atoms with E-state index in [1.165, 1.54) is 5.56 Å². The average Bonchev–Trinajstić information content (AvgIpc) is 3.47. The van der Waals surface area contributed by atoms with E-state index in [2.05, 4.69) is 45.3 Å². The van der Waals surface area contributed by atoms with Gasteiger partial charge in [-0.25, -0.2) is 4.98 Å². The van der Waals surface area contributed by atoms with Crippen LogP contribution >= 0.6 is 11.3 Å². The fourth-order valence-electron chi connectivity index (χ4n) is 3.92. The van der Waals surface area contributed by atoms with Gasteiger partial charge in [-0.3, -0.25) is 9.69 Å². The molecule has 0 bridgehead atoms. The third kappa shape index (κ3) is 4.75. The van der Waals surface area contributed by atoms with Crippen LogP contribution in [0, 0.1) is 0 Å². The minimum atomic E-state index is -0.221. The molecule has 0 radical (unpaired) electrons. The van der Waals surface area contributed by atoms with Crippen molar-refractivity contribution in [2.24, 2.45) is 0 Å². The van der Waals surface area contributed by atoms with Gasteiger partial charge in [0.15, 0.2) is 16.5 Å². The summed E-state index contributed by atoms with van der Waals surface area (Å²) >= 11 is 1.56. The van der Waals surface area contributed by atoms with E-state index in [1.54, 1.807) is 17.4 Å². The minimum Gasteiger partial charge on any atom is -0.448 e. The minimum absolute atomic E-state index is 0.221. The highest BCUT2D eigenvalue weighted by Crippen LogP contribution is 2.31. The lowest BCUT2D eigenvalue weighted by Gasteiger charge is -2.32. The first-order valence-corrected chi connectivity index (χ1v) is 11.7. The Labute approximate surface area is 191 Å². The highest BCUT2D eigenvalue weighted by Gasteiger charge is 2.16. The molecule has 32 heavy (non-hydrogen) atoms. The molecule has 164 valence electrons. The predicted octanol–water partition coefficient (Wildman–Crippen LogP) is 4.23. The Morgan fingerprint density at radius 3 is 2.69 bits per heavy atom. The average molecular weight is 447 g/mol. The van der Waals surface area contributed by atoms with Crippen molar-refractivity contribution < 1.29 is 9.21 Å². The summed E-state index contributed by atoms with van der Waals surface area (Å²) < 4.78 is 6.91. The lowest BCUT2D eigenvalue weighted by molar-refractivity contribution is 0.0924. The molecule has 0 aliphatic carbocycles. The number of nitrogens with one attached hydrogen (secondary N) is 1. The smallest absolute Gasteiger partial charge is 0.287 e. The Hall–Kier alpha value is -3.00. The van der Waals surface area contributed by atoms with Crippen molar-refractivity contribution in [1.82, 2.24) is 20.1 Å².